The average Bonchev–Trinajstić information content (AvgIpc) is 3.15. The lowest BCUT2D eigenvalue weighted by Crippen LogP contribution is -2.08. The fourth-order valence-electron chi connectivity index (χ4n) is 3.08. The smallest absolute Gasteiger partial charge is 0.256 e. The van der Waals surface area contributed by atoms with Crippen LogP contribution in [-0.4, -0.2) is 42.6 Å². The van der Waals surface area contributed by atoms with Crippen molar-refractivity contribution < 1.29 is 8.78 Å². The van der Waals surface area contributed by atoms with E-state index in [0.29, 0.717) is 22.8 Å². The number of nitrogens with zero attached hydrogens (tertiary/aromatic N) is 6. The Morgan fingerprint density at radius 2 is 2.12 bits per heavy atom. The maximum absolute atomic E-state index is 12.9. The molecule has 26 heavy (non-hydrogen) atoms. The van der Waals surface area contributed by atoms with Gasteiger partial charge < -0.3 is 15.6 Å². The van der Waals surface area contributed by atoms with Crippen molar-refractivity contribution in [1.82, 2.24) is 29.1 Å². The minimum Gasteiger partial charge on any atom is -0.371 e. The Hall–Kier alpha value is -3.30. The molecule has 0 atom stereocenters. The summed E-state index contributed by atoms with van der Waals surface area (Å²) in [6.07, 6.45) is 0.944. The van der Waals surface area contributed by atoms with Gasteiger partial charge in [-0.1, -0.05) is 0 Å². The second-order valence-corrected chi connectivity index (χ2v) is 5.82. The predicted octanol–water partition coefficient (Wildman–Crippen LogP) is 2.34. The van der Waals surface area contributed by atoms with Crippen molar-refractivity contribution in [3.05, 3.63) is 30.4 Å². The molecule has 0 bridgehead atoms. The molecule has 0 aliphatic rings. The first-order chi connectivity index (χ1) is 12.5. The van der Waals surface area contributed by atoms with E-state index in [1.54, 1.807) is 36.9 Å². The van der Waals surface area contributed by atoms with Crippen molar-refractivity contribution in [3.8, 4) is 11.1 Å². The van der Waals surface area contributed by atoms with Gasteiger partial charge in [0.25, 0.3) is 6.43 Å². The second-order valence-electron chi connectivity index (χ2n) is 5.82. The molecule has 3 N–H and O–H groups in total. The highest BCUT2D eigenvalue weighted by atomic mass is 19.3. The molecule has 0 fully saturated rings. The third kappa shape index (κ3) is 2.50. The minimum atomic E-state index is -2.47. The number of imidazole rings is 1. The summed E-state index contributed by atoms with van der Waals surface area (Å²) in [7, 11) is 1.74. The molecular weight excluding hydrogens is 342 g/mol. The van der Waals surface area contributed by atoms with Gasteiger partial charge in [-0.3, -0.25) is 0 Å². The number of nitrogens with one attached hydrogen (secondary N) is 1. The Bertz CT molecular complexity index is 1110. The van der Waals surface area contributed by atoms with Crippen LogP contribution in [0, 0.1) is 6.92 Å². The van der Waals surface area contributed by atoms with Crippen LogP contribution in [0.1, 0.15) is 5.82 Å². The fourth-order valence-corrected chi connectivity index (χ4v) is 3.08. The standard InChI is InChI=1S/C16H16F2N8/c1-8-22-14-11(25(8)7-12(17)18)5-9(6-21-14)10-3-4-26-13(10)15(20-2)23-16(19)24-26/h3-6,12H,7H2,1-2H3,(H3,19,20,23,24). The molecule has 0 aromatic carbocycles. The van der Waals surface area contributed by atoms with Gasteiger partial charge in [-0.05, 0) is 19.1 Å². The van der Waals surface area contributed by atoms with Gasteiger partial charge in [0.1, 0.15) is 11.3 Å². The molecule has 0 unspecified atom stereocenters. The van der Waals surface area contributed by atoms with Crippen molar-refractivity contribution >= 4 is 28.4 Å². The van der Waals surface area contributed by atoms with Gasteiger partial charge in [-0.25, -0.2) is 23.3 Å². The number of fused-ring (bicyclic) bond motifs is 2. The molecule has 0 aliphatic carbocycles. The predicted molar refractivity (Wildman–Crippen MR) is 94.2 cm³/mol. The summed E-state index contributed by atoms with van der Waals surface area (Å²) in [4.78, 5) is 12.8. The van der Waals surface area contributed by atoms with Crippen LogP contribution < -0.4 is 11.1 Å². The Kier molecular flexibility index (Phi) is 3.67. The summed E-state index contributed by atoms with van der Waals surface area (Å²) >= 11 is 0. The number of nitrogens with two attached hydrogens (primary N) is 1. The van der Waals surface area contributed by atoms with Crippen LogP contribution in [0.15, 0.2) is 24.5 Å². The van der Waals surface area contributed by atoms with E-state index in [9.17, 15) is 8.78 Å². The van der Waals surface area contributed by atoms with Gasteiger partial charge in [0.15, 0.2) is 11.5 Å². The Morgan fingerprint density at radius 1 is 1.31 bits per heavy atom. The molecule has 0 aliphatic heterocycles. The van der Waals surface area contributed by atoms with Crippen LogP contribution in [-0.2, 0) is 6.54 Å². The van der Waals surface area contributed by atoms with Crippen molar-refractivity contribution in [2.24, 2.45) is 0 Å². The topological polar surface area (TPSA) is 98.9 Å². The van der Waals surface area contributed by atoms with E-state index in [2.05, 4.69) is 25.4 Å². The van der Waals surface area contributed by atoms with E-state index in [1.165, 1.54) is 4.57 Å². The Morgan fingerprint density at radius 3 is 2.85 bits per heavy atom. The molecule has 4 rings (SSSR count). The largest absolute Gasteiger partial charge is 0.371 e. The average molecular weight is 358 g/mol. The quantitative estimate of drug-likeness (QED) is 0.581. The molecule has 8 nitrogen and oxygen atoms in total. The molecule has 0 saturated carbocycles. The van der Waals surface area contributed by atoms with Crippen LogP contribution in [0.3, 0.4) is 0 Å². The number of aromatic nitrogens is 6. The van der Waals surface area contributed by atoms with Gasteiger partial charge in [0.05, 0.1) is 12.1 Å². The molecule has 0 amide bonds. The Balaban J connectivity index is 1.93. The summed E-state index contributed by atoms with van der Waals surface area (Å²) in [5, 5.41) is 7.16. The monoisotopic (exact) mass is 358 g/mol. The third-order valence-electron chi connectivity index (χ3n) is 4.19. The SMILES string of the molecule is CNc1nc(N)nn2ccc(-c3cnc4nc(C)n(CC(F)F)c4c3)c12. The molecular formula is C16H16F2N8. The molecule has 4 aromatic rings. The maximum Gasteiger partial charge on any atom is 0.256 e. The lowest BCUT2D eigenvalue weighted by Gasteiger charge is -2.08. The number of anilines is 2. The van der Waals surface area contributed by atoms with Crippen LogP contribution in [0.5, 0.6) is 0 Å². The summed E-state index contributed by atoms with van der Waals surface area (Å²) in [5.74, 6) is 1.21. The van der Waals surface area contributed by atoms with Gasteiger partial charge in [0, 0.05) is 30.6 Å². The number of pyridine rings is 1. The highest BCUT2D eigenvalue weighted by Gasteiger charge is 2.17. The molecule has 10 heteroatoms. The number of hydrogen-bond acceptors (Lipinski definition) is 6. The molecule has 0 saturated heterocycles. The van der Waals surface area contributed by atoms with Crippen molar-refractivity contribution in [3.63, 3.8) is 0 Å². The lowest BCUT2D eigenvalue weighted by atomic mass is 10.1. The van der Waals surface area contributed by atoms with E-state index in [1.807, 2.05) is 6.07 Å². The maximum atomic E-state index is 12.9. The normalized spacial score (nSPS) is 11.7. The van der Waals surface area contributed by atoms with E-state index in [0.717, 1.165) is 16.6 Å². The Labute approximate surface area is 146 Å². The zero-order chi connectivity index (χ0) is 18.4. The van der Waals surface area contributed by atoms with Crippen molar-refractivity contribution in [1.29, 1.82) is 0 Å². The van der Waals surface area contributed by atoms with Crippen LogP contribution >= 0.6 is 0 Å². The number of rotatable bonds is 4. The molecule has 4 heterocycles. The number of halogens is 2. The first-order valence-electron chi connectivity index (χ1n) is 7.92. The number of nitrogen functional groups attached to an aromatic ring is 1. The minimum absolute atomic E-state index is 0.142. The van der Waals surface area contributed by atoms with E-state index >= 15 is 0 Å². The highest BCUT2D eigenvalue weighted by Crippen LogP contribution is 2.31. The van der Waals surface area contributed by atoms with Gasteiger partial charge in [-0.15, -0.1) is 5.10 Å². The number of aryl methyl sites for hydroxylation is 1. The van der Waals surface area contributed by atoms with Crippen LogP contribution in [0.2, 0.25) is 0 Å². The summed E-state index contributed by atoms with van der Waals surface area (Å²) < 4.78 is 28.9. The zero-order valence-electron chi connectivity index (χ0n) is 14.1. The highest BCUT2D eigenvalue weighted by molar-refractivity contribution is 5.91. The molecule has 0 radical (unpaired) electrons. The van der Waals surface area contributed by atoms with Gasteiger partial charge in [-0.2, -0.15) is 4.98 Å². The summed E-state index contributed by atoms with van der Waals surface area (Å²) in [6.45, 7) is 1.26. The first kappa shape index (κ1) is 16.2. The van der Waals surface area contributed by atoms with Gasteiger partial charge >= 0.3 is 0 Å². The summed E-state index contributed by atoms with van der Waals surface area (Å²) in [5.41, 5.74) is 8.99. The first-order valence-corrected chi connectivity index (χ1v) is 7.92. The van der Waals surface area contributed by atoms with E-state index in [4.69, 9.17) is 5.73 Å². The number of alkyl halides is 2. The lowest BCUT2D eigenvalue weighted by molar-refractivity contribution is 0.127. The fraction of sp³-hybridized carbons (Fsp3) is 0.250. The number of hydrogen-bond donors (Lipinski definition) is 2. The van der Waals surface area contributed by atoms with Crippen LogP contribution in [0.25, 0.3) is 27.8 Å². The molecule has 0 spiro atoms. The van der Waals surface area contributed by atoms with Gasteiger partial charge in [0.2, 0.25) is 5.95 Å². The van der Waals surface area contributed by atoms with E-state index in [-0.39, 0.29) is 5.95 Å². The van der Waals surface area contributed by atoms with Crippen LogP contribution in [0.4, 0.5) is 20.5 Å². The zero-order valence-corrected chi connectivity index (χ0v) is 14.1. The van der Waals surface area contributed by atoms with Crippen molar-refractivity contribution in [2.75, 3.05) is 18.1 Å². The summed E-state index contributed by atoms with van der Waals surface area (Å²) in [6, 6.07) is 3.66. The van der Waals surface area contributed by atoms with E-state index < -0.39 is 13.0 Å². The second kappa shape index (κ2) is 5.90. The molecule has 134 valence electrons. The third-order valence-corrected chi connectivity index (χ3v) is 4.19. The molecule has 4 aromatic heterocycles. The van der Waals surface area contributed by atoms with Crippen molar-refractivity contribution in [2.45, 2.75) is 19.9 Å².